The average Bonchev–Trinajstić information content (AvgIpc) is 2.94. The number of carbonyl (C=O) groups is 1. The molecule has 0 fully saturated rings. The van der Waals surface area contributed by atoms with Crippen LogP contribution in [0.15, 0.2) is 54.7 Å². The van der Waals surface area contributed by atoms with Crippen LogP contribution in [0.5, 0.6) is 5.75 Å². The summed E-state index contributed by atoms with van der Waals surface area (Å²) in [6, 6.07) is 15.6. The Hall–Kier alpha value is -3.52. The first-order chi connectivity index (χ1) is 12.7. The predicted molar refractivity (Wildman–Crippen MR) is 100 cm³/mol. The molecule has 2 heterocycles. The minimum atomic E-state index is -0.595. The van der Waals surface area contributed by atoms with Gasteiger partial charge in [-0.05, 0) is 25.1 Å². The topological polar surface area (TPSA) is 56.2 Å². The first-order valence-corrected chi connectivity index (χ1v) is 8.33. The number of nitrogens with zero attached hydrogens (tertiary/aromatic N) is 2. The second-order valence-corrected chi connectivity index (χ2v) is 6.10. The maximum Gasteiger partial charge on any atom is 0.229 e. The highest BCUT2D eigenvalue weighted by atomic mass is 16.5. The molecule has 128 valence electrons. The Balaban J connectivity index is 1.84. The first-order valence-electron chi connectivity index (χ1n) is 8.33. The molecule has 1 aromatic heterocycles. The van der Waals surface area contributed by atoms with Gasteiger partial charge in [0.1, 0.15) is 0 Å². The Morgan fingerprint density at radius 1 is 1.19 bits per heavy atom. The molecular weight excluding hydrogens is 326 g/mol. The van der Waals surface area contributed by atoms with Crippen LogP contribution in [-0.2, 0) is 4.79 Å². The van der Waals surface area contributed by atoms with E-state index in [9.17, 15) is 4.79 Å². The third-order valence-electron chi connectivity index (χ3n) is 4.41. The predicted octanol–water partition coefficient (Wildman–Crippen LogP) is 3.57. The summed E-state index contributed by atoms with van der Waals surface area (Å²) in [6.07, 6.45) is 6.86. The molecule has 1 atom stereocenters. The second-order valence-electron chi connectivity index (χ2n) is 6.10. The number of hydrogen-bond acceptors (Lipinski definition) is 3. The van der Waals surface area contributed by atoms with Crippen LogP contribution in [-0.4, -0.2) is 21.8 Å². The lowest BCUT2D eigenvalue weighted by molar-refractivity contribution is -0.116. The number of fused-ring (bicyclic) bond motifs is 1. The number of rotatable bonds is 2. The highest BCUT2D eigenvalue weighted by Gasteiger charge is 2.25. The zero-order chi connectivity index (χ0) is 18.1. The van der Waals surface area contributed by atoms with E-state index in [2.05, 4.69) is 16.3 Å². The lowest BCUT2D eigenvalue weighted by atomic mass is 10.0. The first kappa shape index (κ1) is 16.0. The lowest BCUT2D eigenvalue weighted by Crippen LogP contribution is -2.19. The van der Waals surface area contributed by atoms with Crippen LogP contribution in [0.1, 0.15) is 12.1 Å². The van der Waals surface area contributed by atoms with E-state index in [4.69, 9.17) is 11.2 Å². The molecule has 0 bridgehead atoms. The maximum atomic E-state index is 12.0. The molecule has 3 aromatic rings. The van der Waals surface area contributed by atoms with Crippen molar-refractivity contribution in [1.82, 2.24) is 9.78 Å². The van der Waals surface area contributed by atoms with E-state index in [0.29, 0.717) is 11.4 Å². The van der Waals surface area contributed by atoms with Gasteiger partial charge in [0, 0.05) is 16.8 Å². The van der Waals surface area contributed by atoms with Gasteiger partial charge in [-0.1, -0.05) is 36.3 Å². The standard InChI is InChI=1S/C21H17N3O2/c1-3-16-12-20(25)23-19-11-7-10-17(21(19)26-16)18-13-22-24(14(18)2)15-8-5-4-6-9-15/h1,4-11,13,16H,12H2,2H3,(H,23,25). The SMILES string of the molecule is C#CC1CC(=O)Nc2cccc(-c3cnn(-c4ccccc4)c3C)c2O1. The van der Waals surface area contributed by atoms with Crippen LogP contribution in [0.4, 0.5) is 5.69 Å². The van der Waals surface area contributed by atoms with E-state index in [0.717, 1.165) is 22.5 Å². The molecule has 5 heteroatoms. The van der Waals surface area contributed by atoms with Crippen molar-refractivity contribution in [1.29, 1.82) is 0 Å². The van der Waals surface area contributed by atoms with E-state index < -0.39 is 6.10 Å². The van der Waals surface area contributed by atoms with Gasteiger partial charge in [0.05, 0.1) is 24.0 Å². The molecule has 0 radical (unpaired) electrons. The molecule has 0 aliphatic carbocycles. The summed E-state index contributed by atoms with van der Waals surface area (Å²) in [5, 5.41) is 7.39. The Morgan fingerprint density at radius 3 is 2.77 bits per heavy atom. The summed E-state index contributed by atoms with van der Waals surface area (Å²) >= 11 is 0. The van der Waals surface area contributed by atoms with Crippen LogP contribution in [0.25, 0.3) is 16.8 Å². The van der Waals surface area contributed by atoms with Crippen molar-refractivity contribution < 1.29 is 9.53 Å². The second kappa shape index (κ2) is 6.41. The van der Waals surface area contributed by atoms with E-state index in [-0.39, 0.29) is 12.3 Å². The number of aromatic nitrogens is 2. The quantitative estimate of drug-likeness (QED) is 0.724. The van der Waals surface area contributed by atoms with Crippen LogP contribution in [0.2, 0.25) is 0 Å². The number of carbonyl (C=O) groups excluding carboxylic acids is 1. The monoisotopic (exact) mass is 343 g/mol. The molecule has 1 amide bonds. The van der Waals surface area contributed by atoms with Crippen LogP contribution in [0, 0.1) is 19.3 Å². The number of amides is 1. The zero-order valence-electron chi connectivity index (χ0n) is 14.3. The van der Waals surface area contributed by atoms with Gasteiger partial charge in [-0.15, -0.1) is 6.42 Å². The fourth-order valence-corrected chi connectivity index (χ4v) is 3.12. The summed E-state index contributed by atoms with van der Waals surface area (Å²) in [5.41, 5.74) is 4.36. The highest BCUT2D eigenvalue weighted by Crippen LogP contribution is 2.40. The molecule has 1 unspecified atom stereocenters. The van der Waals surface area contributed by atoms with Gasteiger partial charge in [0.15, 0.2) is 11.9 Å². The Morgan fingerprint density at radius 2 is 2.00 bits per heavy atom. The third kappa shape index (κ3) is 2.72. The Bertz CT molecular complexity index is 1020. The fourth-order valence-electron chi connectivity index (χ4n) is 3.12. The van der Waals surface area contributed by atoms with Gasteiger partial charge in [-0.2, -0.15) is 5.10 Å². The molecule has 0 spiro atoms. The fraction of sp³-hybridized carbons (Fsp3) is 0.143. The van der Waals surface area contributed by atoms with Crippen molar-refractivity contribution in [3.05, 3.63) is 60.4 Å². The van der Waals surface area contributed by atoms with Gasteiger partial charge in [-0.25, -0.2) is 4.68 Å². The van der Waals surface area contributed by atoms with Gasteiger partial charge >= 0.3 is 0 Å². The zero-order valence-corrected chi connectivity index (χ0v) is 14.3. The minimum absolute atomic E-state index is 0.132. The molecule has 1 aliphatic heterocycles. The normalized spacial score (nSPS) is 16.0. The summed E-state index contributed by atoms with van der Waals surface area (Å²) in [6.45, 7) is 2.00. The molecule has 4 rings (SSSR count). The van der Waals surface area contributed by atoms with E-state index in [1.54, 1.807) is 6.20 Å². The number of nitrogens with one attached hydrogen (secondary N) is 1. The molecule has 1 N–H and O–H groups in total. The van der Waals surface area contributed by atoms with Crippen molar-refractivity contribution in [2.24, 2.45) is 0 Å². The minimum Gasteiger partial charge on any atom is -0.474 e. The van der Waals surface area contributed by atoms with Crippen molar-refractivity contribution in [3.8, 4) is 34.9 Å². The van der Waals surface area contributed by atoms with Crippen molar-refractivity contribution in [3.63, 3.8) is 0 Å². The van der Waals surface area contributed by atoms with Crippen molar-refractivity contribution >= 4 is 11.6 Å². The van der Waals surface area contributed by atoms with Crippen molar-refractivity contribution in [2.75, 3.05) is 5.32 Å². The number of ether oxygens (including phenoxy) is 1. The summed E-state index contributed by atoms with van der Waals surface area (Å²) in [7, 11) is 0. The molecule has 1 aliphatic rings. The molecular formula is C21H17N3O2. The number of benzene rings is 2. The van der Waals surface area contributed by atoms with Gasteiger partial charge in [-0.3, -0.25) is 4.79 Å². The molecule has 26 heavy (non-hydrogen) atoms. The van der Waals surface area contributed by atoms with E-state index in [1.807, 2.05) is 60.1 Å². The molecule has 2 aromatic carbocycles. The van der Waals surface area contributed by atoms with Gasteiger partial charge in [0.25, 0.3) is 0 Å². The number of hydrogen-bond donors (Lipinski definition) is 1. The maximum absolute atomic E-state index is 12.0. The number of terminal acetylenes is 1. The average molecular weight is 343 g/mol. The molecule has 0 saturated carbocycles. The van der Waals surface area contributed by atoms with Crippen LogP contribution in [0.3, 0.4) is 0 Å². The van der Waals surface area contributed by atoms with E-state index in [1.165, 1.54) is 0 Å². The van der Waals surface area contributed by atoms with Gasteiger partial charge < -0.3 is 10.1 Å². The Kier molecular flexibility index (Phi) is 3.94. The Labute approximate surface area is 151 Å². The van der Waals surface area contributed by atoms with Crippen LogP contribution < -0.4 is 10.1 Å². The summed E-state index contributed by atoms with van der Waals surface area (Å²) in [4.78, 5) is 12.0. The highest BCUT2D eigenvalue weighted by molar-refractivity contribution is 5.96. The lowest BCUT2D eigenvalue weighted by Gasteiger charge is -2.15. The summed E-state index contributed by atoms with van der Waals surface area (Å²) in [5.74, 6) is 2.96. The number of para-hydroxylation sites is 2. The third-order valence-corrected chi connectivity index (χ3v) is 4.41. The van der Waals surface area contributed by atoms with Gasteiger partial charge in [0.2, 0.25) is 5.91 Å². The van der Waals surface area contributed by atoms with Crippen molar-refractivity contribution in [2.45, 2.75) is 19.4 Å². The van der Waals surface area contributed by atoms with E-state index >= 15 is 0 Å². The summed E-state index contributed by atoms with van der Waals surface area (Å²) < 4.78 is 7.85. The molecule has 5 nitrogen and oxygen atoms in total. The molecule has 0 saturated heterocycles. The smallest absolute Gasteiger partial charge is 0.229 e. The number of anilines is 1. The van der Waals surface area contributed by atoms with Crippen LogP contribution >= 0.6 is 0 Å². The largest absolute Gasteiger partial charge is 0.474 e.